The van der Waals surface area contributed by atoms with Crippen LogP contribution in [0.15, 0.2) is 78.0 Å². The average molecular weight is 2150 g/mol. The highest BCUT2D eigenvalue weighted by molar-refractivity contribution is 8.76. The van der Waals surface area contributed by atoms with Crippen molar-refractivity contribution in [3.05, 3.63) is 112 Å². The fraction of sp³-hybridized carbons (Fsp3) is 0.587. The molecule has 828 valence electrons. The van der Waals surface area contributed by atoms with Gasteiger partial charge in [-0.2, -0.15) is 4.98 Å². The number of fused-ring (bicyclic) bond motifs is 1. The van der Waals surface area contributed by atoms with Crippen LogP contribution in [0.1, 0.15) is 182 Å². The second kappa shape index (κ2) is 67.7. The lowest BCUT2D eigenvalue weighted by atomic mass is 9.74. The summed E-state index contributed by atoms with van der Waals surface area (Å²) in [6.45, 7) is 1.84. The lowest BCUT2D eigenvalue weighted by Crippen LogP contribution is -2.49. The minimum atomic E-state index is -2.10. The van der Waals surface area contributed by atoms with Crippen molar-refractivity contribution in [2.75, 3.05) is 56.3 Å². The highest BCUT2D eigenvalue weighted by atomic mass is 33.1. The van der Waals surface area contributed by atoms with Gasteiger partial charge in [0.1, 0.15) is 78.5 Å². The number of hydrogen-bond donors (Lipinski definition) is 32. The summed E-state index contributed by atoms with van der Waals surface area (Å²) in [5.41, 5.74) is 7.00. The maximum atomic E-state index is 14.3. The molecule has 21 atom stereocenters. The molecule has 5 aromatic rings. The maximum absolute atomic E-state index is 14.3. The van der Waals surface area contributed by atoms with E-state index < -0.39 is 350 Å². The van der Waals surface area contributed by atoms with Gasteiger partial charge in [-0.05, 0) is 87.1 Å². The standard InChI is InChI=1S/C55H79N11O25.C36H54BN5O13S2.CH4/c1-2-34(70)31(11-15-42(78)79)62-52(88)27(6-14-41(77)59-22-37(73)46(83)48(85)39(75)24-68)18-35(71)32(12-16-43(80)81)63-51(87)26(5-13-40(76)58-21-36(72)45(82)47(84)38(74)23-67)17-30(69)9-10-33(54(90)91)64-50(86)25-3-7-28(8-4-25)57-19-29-20-60-49-44(61-29)53(89)66-55(56)65-49;1-20(2)11-30(37(54)55)42-35(51)23(12-22-7-5-4-6-8-22)13-27(44)25-15-38-24(14-39-25)18-56-57-19-26(36(52)53)41-34(50)21(3)9-10-31(47)40-16-28(45)32(48)33(49)29(46)17-43;/h3-4,7-8,20,26-27,31-33,36-39,45-48,57,67-68,72-75,82-85H,2,5-6,9-19,21-24H2,1H3,(H,58,76)(H,59,77)(H,62,88)(H,63,87)(H,64,86)(H,78,79)(H,80,81)(H,90,91)(H3,56,60,65,66,89);4-8,14-15,20-21,23,26,28-30,32-33,43,45-46,48-49,54-55H,9-13,16-19H2,1-3H3,(H,40,47)(H,41,50)(H,42,51)(H,52,53);1H4/t26-,27-,31+,32+,33+,36+,37+,38-,39-,45-,46-,47-,48-;21-,23+,26-,28-,29+,30-,32+,33+;/m10./s1. The number of H-pyrrole nitrogens is 1. The van der Waals surface area contributed by atoms with Crippen molar-refractivity contribution in [1.29, 1.82) is 0 Å². The van der Waals surface area contributed by atoms with E-state index in [9.17, 15) is 173 Å². The van der Waals surface area contributed by atoms with Crippen LogP contribution in [0.5, 0.6) is 0 Å². The van der Waals surface area contributed by atoms with Crippen molar-refractivity contribution >= 4 is 146 Å². The van der Waals surface area contributed by atoms with Crippen LogP contribution in [0, 0.1) is 29.6 Å². The fourth-order valence-corrected chi connectivity index (χ4v) is 16.2. The SMILES string of the molecule is C.CC(C)C[C@H](NC(=O)[C@@H](CC(=O)c1cnc(CSSC[C@H](NC(=O)[C@@H](C)CCC(=O)NC[C@H](O)[C@@H](O)[C@H](O)[C@H](O)CO)C(=O)O)cn1)Cc1ccccc1)B(O)O.CCC(=O)[C@H](CCC(=O)O)NC(=O)[C@H](CCC(=O)NC[C@H](O)[C@@H](O)[C@H](O)[C@H](O)CO)CC(=O)[C@H](CCC(=O)O)NC(=O)[C@H](CCC(=O)NC[C@H](O)[C@@H](O)[C@H](O)[C@H](O)CO)CC(=O)CC[C@H](NC(=O)c1ccc(NCc2cnc3nc(N)[nH]c(=O)c3n2)cc1)C(=O)O. The monoisotopic (exact) mass is 2150 g/mol. The van der Waals surface area contributed by atoms with Gasteiger partial charge in [-0.3, -0.25) is 81.9 Å². The number of carboxylic acid groups (broad SMARTS) is 4. The summed E-state index contributed by atoms with van der Waals surface area (Å²) in [4.78, 5) is 243. The van der Waals surface area contributed by atoms with Gasteiger partial charge in [0.15, 0.2) is 28.5 Å². The number of aliphatic hydroxyl groups is 15. The van der Waals surface area contributed by atoms with Gasteiger partial charge in [-0.15, -0.1) is 0 Å². The van der Waals surface area contributed by atoms with E-state index in [1.54, 1.807) is 0 Å². The molecule has 54 nitrogen and oxygen atoms in total. The van der Waals surface area contributed by atoms with Crippen LogP contribution >= 0.6 is 21.6 Å². The Bertz CT molecular complexity index is 5210. The summed E-state index contributed by atoms with van der Waals surface area (Å²) in [5.74, 6) is -21.1. The van der Waals surface area contributed by atoms with E-state index in [1.807, 2.05) is 44.2 Å². The molecule has 3 heterocycles. The number of hydrogen-bond acceptors (Lipinski definition) is 43. The third kappa shape index (κ3) is 47.6. The number of rotatable bonds is 71. The second-order valence-corrected chi connectivity index (χ2v) is 37.8. The summed E-state index contributed by atoms with van der Waals surface area (Å²) < 4.78 is 0. The Hall–Kier alpha value is -12.3. The number of carbonyl (C=O) groups is 16. The molecule has 0 spiro atoms. The molecule has 0 bridgehead atoms. The molecule has 0 aliphatic rings. The molecular weight excluding hydrogens is 2010 g/mol. The molecule has 0 fully saturated rings. The van der Waals surface area contributed by atoms with Gasteiger partial charge < -0.3 is 161 Å². The number of aliphatic carboxylic acids is 4. The predicted octanol–water partition coefficient (Wildman–Crippen LogP) is -7.13. The van der Waals surface area contributed by atoms with Gasteiger partial charge in [-0.1, -0.05) is 87.0 Å². The number of nitrogen functional groups attached to an aromatic ring is 1. The third-order valence-corrected chi connectivity index (χ3v) is 25.3. The number of aromatic amines is 1. The fourth-order valence-electron chi connectivity index (χ4n) is 14.1. The van der Waals surface area contributed by atoms with Gasteiger partial charge in [-0.25, -0.2) is 24.5 Å². The summed E-state index contributed by atoms with van der Waals surface area (Å²) in [6, 6.07) is 8.48. The van der Waals surface area contributed by atoms with Crippen LogP contribution in [0.2, 0.25) is 0 Å². The van der Waals surface area contributed by atoms with Crippen LogP contribution in [0.4, 0.5) is 11.6 Å². The number of aromatic nitrogens is 6. The average Bonchev–Trinajstić information content (AvgIpc) is 0.805. The minimum Gasteiger partial charge on any atom is -0.481 e. The molecule has 0 aliphatic heterocycles. The number of nitrogens with two attached hydrogens (primary N) is 1. The first-order valence-corrected chi connectivity index (χ1v) is 49.4. The zero-order chi connectivity index (χ0) is 111. The molecule has 0 radical (unpaired) electrons. The molecule has 0 saturated carbocycles. The summed E-state index contributed by atoms with van der Waals surface area (Å²) in [6.07, 6.45) is -27.0. The lowest BCUT2D eigenvalue weighted by molar-refractivity contribution is -0.142. The Morgan fingerprint density at radius 1 is 0.470 bits per heavy atom. The summed E-state index contributed by atoms with van der Waals surface area (Å²) in [5, 5.41) is 226. The van der Waals surface area contributed by atoms with Crippen molar-refractivity contribution in [2.45, 2.75) is 266 Å². The molecule has 0 aliphatic carbocycles. The number of carbonyl (C=O) groups excluding carboxylic acids is 12. The number of ketones is 4. The van der Waals surface area contributed by atoms with E-state index in [4.69, 9.17) is 21.1 Å². The number of nitrogens with one attached hydrogen (secondary N) is 10. The Morgan fingerprint density at radius 3 is 1.40 bits per heavy atom. The molecule has 8 amide bonds. The third-order valence-electron chi connectivity index (χ3n) is 23.0. The highest BCUT2D eigenvalue weighted by Gasteiger charge is 2.39. The van der Waals surface area contributed by atoms with Crippen LogP contribution in [-0.4, -0.2) is 387 Å². The molecule has 0 unspecified atom stereocenters. The number of aliphatic hydroxyl groups excluding tert-OH is 15. The van der Waals surface area contributed by atoms with Crippen LogP contribution in [0.25, 0.3) is 11.2 Å². The first kappa shape index (κ1) is 131. The van der Waals surface area contributed by atoms with Crippen molar-refractivity contribution in [3.63, 3.8) is 0 Å². The van der Waals surface area contributed by atoms with E-state index in [1.165, 1.54) is 67.5 Å². The van der Waals surface area contributed by atoms with Crippen molar-refractivity contribution in [1.82, 2.24) is 72.4 Å². The number of amides is 8. The predicted molar refractivity (Wildman–Crippen MR) is 529 cm³/mol. The number of carboxylic acids is 4. The Labute approximate surface area is 861 Å². The van der Waals surface area contributed by atoms with Gasteiger partial charge >= 0.3 is 31.0 Å². The Morgan fingerprint density at radius 2 is 0.933 bits per heavy atom. The molecule has 0 saturated heterocycles. The number of benzene rings is 2. The Balaban J connectivity index is 0.000000843. The second-order valence-electron chi connectivity index (χ2n) is 35.3. The van der Waals surface area contributed by atoms with E-state index in [0.717, 1.165) is 16.4 Å². The van der Waals surface area contributed by atoms with E-state index in [-0.39, 0.29) is 91.9 Å². The van der Waals surface area contributed by atoms with Crippen LogP contribution < -0.4 is 59.1 Å². The van der Waals surface area contributed by atoms with Gasteiger partial charge in [0.05, 0.1) is 92.7 Å². The lowest BCUT2D eigenvalue weighted by Gasteiger charge is -2.26. The molecule has 149 heavy (non-hydrogen) atoms. The Kier molecular flexibility index (Phi) is 59.5. The highest BCUT2D eigenvalue weighted by Crippen LogP contribution is 2.28. The van der Waals surface area contributed by atoms with Crippen LogP contribution in [-0.2, 0) is 85.8 Å². The quantitative estimate of drug-likeness (QED) is 0.00744. The zero-order valence-electron chi connectivity index (χ0n) is 81.3. The minimum absolute atomic E-state index is 0. The van der Waals surface area contributed by atoms with Gasteiger partial charge in [0, 0.05) is 130 Å². The summed E-state index contributed by atoms with van der Waals surface area (Å²) in [7, 11) is 0.630. The van der Waals surface area contributed by atoms with Crippen molar-refractivity contribution in [2.24, 2.45) is 29.6 Å². The van der Waals surface area contributed by atoms with Crippen molar-refractivity contribution < 1.29 is 184 Å². The van der Waals surface area contributed by atoms with Crippen LogP contribution in [0.3, 0.4) is 0 Å². The molecule has 2 aromatic carbocycles. The van der Waals surface area contributed by atoms with E-state index in [0.29, 0.717) is 23.5 Å². The van der Waals surface area contributed by atoms with Gasteiger partial charge in [0.25, 0.3) is 11.5 Å². The molecule has 57 heteroatoms. The number of Topliss-reactive ketones (excluding diaryl/α,β-unsaturated/α-hetero) is 4. The molecule has 33 N–H and O–H groups in total. The topological polar surface area (TPSA) is 930 Å². The normalized spacial score (nSPS) is 15.6. The van der Waals surface area contributed by atoms with Crippen molar-refractivity contribution in [3.8, 4) is 0 Å². The first-order valence-electron chi connectivity index (χ1n) is 46.9. The van der Waals surface area contributed by atoms with E-state index >= 15 is 0 Å². The molecule has 5 rings (SSSR count). The van der Waals surface area contributed by atoms with Gasteiger partial charge in [0.2, 0.25) is 47.3 Å². The molecular formula is C92H137BN16O38S2. The van der Waals surface area contributed by atoms with E-state index in [2.05, 4.69) is 77.8 Å². The summed E-state index contributed by atoms with van der Waals surface area (Å²) >= 11 is 0. The smallest absolute Gasteiger partial charge is 0.475 e. The number of nitrogens with zero attached hydrogens (tertiary/aromatic N) is 5. The molecule has 3 aromatic heterocycles. The largest absolute Gasteiger partial charge is 0.481 e. The zero-order valence-corrected chi connectivity index (χ0v) is 82.9. The number of anilines is 2. The first-order chi connectivity index (χ1) is 69.8. The maximum Gasteiger partial charge on any atom is 0.475 e.